The largest absolute Gasteiger partial charge is 0.312 e. The molecule has 1 aromatic heterocycles. The number of hydrogen-bond acceptors (Lipinski definition) is 3. The molecule has 0 saturated carbocycles. The summed E-state index contributed by atoms with van der Waals surface area (Å²) in [6.07, 6.45) is 8.10. The van der Waals surface area contributed by atoms with Crippen LogP contribution in [0.3, 0.4) is 0 Å². The van der Waals surface area contributed by atoms with Crippen molar-refractivity contribution in [2.24, 2.45) is 0 Å². The molecule has 1 unspecified atom stereocenters. The Morgan fingerprint density at radius 2 is 1.95 bits per heavy atom. The summed E-state index contributed by atoms with van der Waals surface area (Å²) in [7, 11) is 2.01. The molecule has 0 aliphatic heterocycles. The van der Waals surface area contributed by atoms with Gasteiger partial charge in [0.25, 0.3) is 0 Å². The van der Waals surface area contributed by atoms with Gasteiger partial charge in [-0.3, -0.25) is 0 Å². The zero-order valence-corrected chi connectivity index (χ0v) is 12.4. The van der Waals surface area contributed by atoms with E-state index in [-0.39, 0.29) is 0 Å². The average Bonchev–Trinajstić information content (AvgIpc) is 2.98. The lowest BCUT2D eigenvalue weighted by Crippen LogP contribution is -2.20. The second-order valence-electron chi connectivity index (χ2n) is 5.10. The molecule has 0 aliphatic rings. The van der Waals surface area contributed by atoms with Crippen molar-refractivity contribution in [2.45, 2.75) is 45.1 Å². The van der Waals surface area contributed by atoms with Gasteiger partial charge in [-0.25, -0.2) is 4.68 Å². The molecule has 1 atom stereocenters. The molecular weight excluding hydrogens is 248 g/mol. The van der Waals surface area contributed by atoms with Crippen LogP contribution in [0, 0.1) is 0 Å². The minimum atomic E-state index is 0.307. The Bertz CT molecular complexity index is 492. The summed E-state index contributed by atoms with van der Waals surface area (Å²) in [6.45, 7) is 2.24. The summed E-state index contributed by atoms with van der Waals surface area (Å²) in [4.78, 5) is 0. The fourth-order valence-electron chi connectivity index (χ4n) is 2.47. The lowest BCUT2D eigenvalue weighted by molar-refractivity contribution is 0.485. The van der Waals surface area contributed by atoms with Gasteiger partial charge in [0, 0.05) is 0 Å². The molecule has 0 amide bonds. The van der Waals surface area contributed by atoms with Crippen molar-refractivity contribution < 1.29 is 0 Å². The lowest BCUT2D eigenvalue weighted by Gasteiger charge is -2.17. The Morgan fingerprint density at radius 1 is 1.15 bits per heavy atom. The number of unbranched alkanes of at least 4 members (excludes halogenated alkanes) is 3. The summed E-state index contributed by atoms with van der Waals surface area (Å²) in [5.41, 5.74) is 2.20. The highest BCUT2D eigenvalue weighted by Gasteiger charge is 2.15. The van der Waals surface area contributed by atoms with E-state index < -0.39 is 0 Å². The first-order valence-electron chi connectivity index (χ1n) is 7.50. The van der Waals surface area contributed by atoms with E-state index in [0.29, 0.717) is 6.04 Å². The highest BCUT2D eigenvalue weighted by Crippen LogP contribution is 2.21. The van der Waals surface area contributed by atoms with Crippen LogP contribution < -0.4 is 5.32 Å². The van der Waals surface area contributed by atoms with Gasteiger partial charge in [-0.1, -0.05) is 56.0 Å². The molecule has 0 spiro atoms. The maximum atomic E-state index is 4.23. The van der Waals surface area contributed by atoms with Gasteiger partial charge in [-0.05, 0) is 25.6 Å². The molecule has 0 fully saturated rings. The van der Waals surface area contributed by atoms with E-state index in [0.717, 1.165) is 17.8 Å². The van der Waals surface area contributed by atoms with Crippen molar-refractivity contribution in [3.63, 3.8) is 0 Å². The SMILES string of the molecule is CCCCCCC(NC)c1cnnn1-c1ccccc1. The Labute approximate surface area is 121 Å². The predicted molar refractivity (Wildman–Crippen MR) is 81.9 cm³/mol. The minimum Gasteiger partial charge on any atom is -0.312 e. The van der Waals surface area contributed by atoms with Gasteiger partial charge in [-0.15, -0.1) is 5.10 Å². The second-order valence-corrected chi connectivity index (χ2v) is 5.10. The molecule has 4 heteroatoms. The number of nitrogens with one attached hydrogen (secondary N) is 1. The first kappa shape index (κ1) is 14.7. The van der Waals surface area contributed by atoms with Gasteiger partial charge in [0.2, 0.25) is 0 Å². The summed E-state index contributed by atoms with van der Waals surface area (Å²) in [6, 6.07) is 10.5. The number of hydrogen-bond donors (Lipinski definition) is 1. The minimum absolute atomic E-state index is 0.307. The number of rotatable bonds is 8. The maximum absolute atomic E-state index is 4.23. The van der Waals surface area contributed by atoms with Crippen molar-refractivity contribution >= 4 is 0 Å². The van der Waals surface area contributed by atoms with E-state index in [4.69, 9.17) is 0 Å². The van der Waals surface area contributed by atoms with Gasteiger partial charge in [-0.2, -0.15) is 0 Å². The van der Waals surface area contributed by atoms with Crippen LogP contribution in [-0.2, 0) is 0 Å². The van der Waals surface area contributed by atoms with E-state index in [9.17, 15) is 0 Å². The Balaban J connectivity index is 2.09. The standard InChI is InChI=1S/C16H24N4/c1-3-4-5-9-12-15(17-2)16-13-18-19-20(16)14-10-7-6-8-11-14/h6-8,10-11,13,15,17H,3-5,9,12H2,1-2H3. The smallest absolute Gasteiger partial charge is 0.0815 e. The van der Waals surface area contributed by atoms with Crippen molar-refractivity contribution in [3.8, 4) is 5.69 Å². The number of nitrogens with zero attached hydrogens (tertiary/aromatic N) is 3. The fourth-order valence-corrected chi connectivity index (χ4v) is 2.47. The molecule has 2 rings (SSSR count). The third-order valence-corrected chi connectivity index (χ3v) is 3.63. The van der Waals surface area contributed by atoms with Crippen LogP contribution in [0.5, 0.6) is 0 Å². The number of para-hydroxylation sites is 1. The van der Waals surface area contributed by atoms with E-state index in [1.54, 1.807) is 0 Å². The average molecular weight is 272 g/mol. The zero-order chi connectivity index (χ0) is 14.2. The molecule has 4 nitrogen and oxygen atoms in total. The number of benzene rings is 1. The molecular formula is C16H24N4. The van der Waals surface area contributed by atoms with Crippen molar-refractivity contribution in [1.29, 1.82) is 0 Å². The van der Waals surface area contributed by atoms with Crippen LogP contribution in [0.25, 0.3) is 5.69 Å². The Morgan fingerprint density at radius 3 is 2.65 bits per heavy atom. The van der Waals surface area contributed by atoms with Gasteiger partial charge in [0.15, 0.2) is 0 Å². The van der Waals surface area contributed by atoms with E-state index in [1.807, 2.05) is 36.1 Å². The predicted octanol–water partition coefficient (Wildman–Crippen LogP) is 3.50. The molecule has 1 heterocycles. The van der Waals surface area contributed by atoms with Gasteiger partial charge in [0.05, 0.1) is 23.6 Å². The normalized spacial score (nSPS) is 12.5. The third-order valence-electron chi connectivity index (χ3n) is 3.63. The summed E-state index contributed by atoms with van der Waals surface area (Å²) < 4.78 is 1.93. The third kappa shape index (κ3) is 3.67. The molecule has 1 N–H and O–H groups in total. The second kappa shape index (κ2) is 7.80. The summed E-state index contributed by atoms with van der Waals surface area (Å²) in [5, 5.41) is 11.7. The van der Waals surface area contributed by atoms with Crippen molar-refractivity contribution in [3.05, 3.63) is 42.2 Å². The van der Waals surface area contributed by atoms with Gasteiger partial charge in [0.1, 0.15) is 0 Å². The first-order chi connectivity index (χ1) is 9.86. The van der Waals surface area contributed by atoms with Gasteiger partial charge < -0.3 is 5.32 Å². The molecule has 0 radical (unpaired) electrons. The molecule has 108 valence electrons. The maximum Gasteiger partial charge on any atom is 0.0815 e. The molecule has 0 aliphatic carbocycles. The molecule has 20 heavy (non-hydrogen) atoms. The van der Waals surface area contributed by atoms with Crippen LogP contribution in [-0.4, -0.2) is 22.0 Å². The highest BCUT2D eigenvalue weighted by molar-refractivity contribution is 5.32. The zero-order valence-electron chi connectivity index (χ0n) is 12.4. The summed E-state index contributed by atoms with van der Waals surface area (Å²) in [5.74, 6) is 0. The van der Waals surface area contributed by atoms with E-state index in [2.05, 4.69) is 34.7 Å². The molecule has 1 aromatic carbocycles. The van der Waals surface area contributed by atoms with Gasteiger partial charge >= 0.3 is 0 Å². The molecule has 0 saturated heterocycles. The first-order valence-corrected chi connectivity index (χ1v) is 7.50. The quantitative estimate of drug-likeness (QED) is 0.748. The van der Waals surface area contributed by atoms with Crippen molar-refractivity contribution in [1.82, 2.24) is 20.3 Å². The van der Waals surface area contributed by atoms with E-state index >= 15 is 0 Å². The van der Waals surface area contributed by atoms with Crippen LogP contribution in [0.2, 0.25) is 0 Å². The Kier molecular flexibility index (Phi) is 5.74. The van der Waals surface area contributed by atoms with Crippen LogP contribution >= 0.6 is 0 Å². The van der Waals surface area contributed by atoms with Crippen LogP contribution in [0.4, 0.5) is 0 Å². The fraction of sp³-hybridized carbons (Fsp3) is 0.500. The van der Waals surface area contributed by atoms with Crippen LogP contribution in [0.1, 0.15) is 50.8 Å². The number of aromatic nitrogens is 3. The lowest BCUT2D eigenvalue weighted by atomic mass is 10.0. The van der Waals surface area contributed by atoms with Crippen LogP contribution in [0.15, 0.2) is 36.5 Å². The summed E-state index contributed by atoms with van der Waals surface area (Å²) >= 11 is 0. The van der Waals surface area contributed by atoms with E-state index in [1.165, 1.54) is 25.7 Å². The molecule has 0 bridgehead atoms. The highest BCUT2D eigenvalue weighted by atomic mass is 15.4. The van der Waals surface area contributed by atoms with Crippen molar-refractivity contribution in [2.75, 3.05) is 7.05 Å². The topological polar surface area (TPSA) is 42.7 Å². The molecule has 2 aromatic rings. The monoisotopic (exact) mass is 272 g/mol. The Hall–Kier alpha value is -1.68.